The summed E-state index contributed by atoms with van der Waals surface area (Å²) in [6, 6.07) is 19.8. The summed E-state index contributed by atoms with van der Waals surface area (Å²) in [7, 11) is -9.11. The predicted octanol–water partition coefficient (Wildman–Crippen LogP) is 5.40. The second-order valence-electron chi connectivity index (χ2n) is 12.9. The molecule has 0 fully saturated rings. The molecule has 12 nitrogen and oxygen atoms in total. The van der Waals surface area contributed by atoms with E-state index in [1.807, 2.05) is 0 Å². The Morgan fingerprint density at radius 2 is 0.900 bits per heavy atom. The van der Waals surface area contributed by atoms with Crippen LogP contribution in [-0.4, -0.2) is 35.6 Å². The van der Waals surface area contributed by atoms with Gasteiger partial charge in [-0.3, -0.25) is 18.4 Å². The third-order valence-electron chi connectivity index (χ3n) is 10.6. The smallest absolute Gasteiger partial charge is 0.339 e. The van der Waals surface area contributed by atoms with Crippen molar-refractivity contribution in [2.45, 2.75) is 9.79 Å². The van der Waals surface area contributed by atoms with Crippen molar-refractivity contribution in [3.63, 3.8) is 0 Å². The lowest BCUT2D eigenvalue weighted by Crippen LogP contribution is -2.21. The number of hydrogen-bond acceptors (Lipinski definition) is 10. The molecule has 0 amide bonds. The first-order valence-corrected chi connectivity index (χ1v) is 18.2. The van der Waals surface area contributed by atoms with Crippen LogP contribution in [0.1, 0.15) is 0 Å². The quantitative estimate of drug-likeness (QED) is 0.115. The zero-order valence-electron chi connectivity index (χ0n) is 24.8. The number of imidazole rings is 2. The van der Waals surface area contributed by atoms with Crippen LogP contribution in [0, 0.1) is 0 Å². The summed E-state index contributed by atoms with van der Waals surface area (Å²) in [5.74, 6) is -0.0979. The summed E-state index contributed by atoms with van der Waals surface area (Å²) in [5.41, 5.74) is 1.63. The van der Waals surface area contributed by atoms with Gasteiger partial charge in [0.25, 0.3) is 11.1 Å². The van der Waals surface area contributed by atoms with Crippen molar-refractivity contribution in [1.82, 2.24) is 18.8 Å². The molecule has 4 aromatic heterocycles. The Morgan fingerprint density at radius 3 is 1.44 bits per heavy atom. The van der Waals surface area contributed by atoms with Crippen molar-refractivity contribution in [3.8, 4) is 11.5 Å². The molecule has 0 saturated carbocycles. The molecule has 0 spiro atoms. The van der Waals surface area contributed by atoms with Crippen molar-refractivity contribution in [3.05, 3.63) is 93.5 Å². The molecule has 0 aliphatic carbocycles. The number of pyridine rings is 2. The molecule has 13 rings (SSSR count). The second-order valence-corrected chi connectivity index (χ2v) is 15.9. The maximum atomic E-state index is 14.4. The molecule has 0 radical (unpaired) electrons. The molecule has 0 saturated heterocycles. The predicted molar refractivity (Wildman–Crippen MR) is 186 cm³/mol. The van der Waals surface area contributed by atoms with Crippen LogP contribution < -0.4 is 19.5 Å². The monoisotopic (exact) mass is 692 g/mol. The first kappa shape index (κ1) is 25.6. The molecule has 236 valence electrons. The summed E-state index contributed by atoms with van der Waals surface area (Å²) in [5, 5.41) is 3.65. The van der Waals surface area contributed by atoms with Gasteiger partial charge in [-0.15, -0.1) is 0 Å². The Bertz CT molecular complexity index is 3890. The van der Waals surface area contributed by atoms with Gasteiger partial charge in [0.05, 0.1) is 32.8 Å². The van der Waals surface area contributed by atoms with Crippen molar-refractivity contribution >= 4 is 118 Å². The Kier molecular flexibility index (Phi) is 3.81. The lowest BCUT2D eigenvalue weighted by Gasteiger charge is -2.28. The summed E-state index contributed by atoms with van der Waals surface area (Å²) < 4.78 is 71.1. The van der Waals surface area contributed by atoms with Crippen LogP contribution in [0.25, 0.3) is 98.0 Å². The van der Waals surface area contributed by atoms with E-state index < -0.39 is 31.4 Å². The molecule has 0 bridgehead atoms. The minimum Gasteiger partial charge on any atom is -0.378 e. The highest BCUT2D eigenvalue weighted by atomic mass is 32.2. The van der Waals surface area contributed by atoms with Gasteiger partial charge in [-0.25, -0.2) is 9.97 Å². The zero-order valence-corrected chi connectivity index (χ0v) is 26.4. The molecule has 6 heterocycles. The molecule has 2 aliphatic rings. The maximum Gasteiger partial charge on any atom is 0.339 e. The third kappa shape index (κ3) is 2.50. The zero-order chi connectivity index (χ0) is 33.3. The molecule has 0 atom stereocenters. The van der Waals surface area contributed by atoms with E-state index in [1.165, 1.54) is 27.0 Å². The number of hydrogen-bond donors (Lipinski definition) is 0. The fourth-order valence-electron chi connectivity index (χ4n) is 8.77. The average molecular weight is 693 g/mol. The van der Waals surface area contributed by atoms with E-state index in [-0.39, 0.29) is 53.9 Å². The van der Waals surface area contributed by atoms with Crippen LogP contribution in [-0.2, 0) is 20.2 Å². The minimum absolute atomic E-state index is 0.0111. The Labute approximate surface area is 276 Å². The molecular weight excluding hydrogens is 681 g/mol. The fraction of sp³-hybridized carbons (Fsp3) is 0. The number of benzene rings is 7. The van der Waals surface area contributed by atoms with Gasteiger partial charge in [-0.1, -0.05) is 24.3 Å². The van der Waals surface area contributed by atoms with Gasteiger partial charge < -0.3 is 8.37 Å². The maximum absolute atomic E-state index is 14.4. The lowest BCUT2D eigenvalue weighted by molar-refractivity contribution is 0.487. The Hall–Kier alpha value is -6.38. The van der Waals surface area contributed by atoms with E-state index in [0.717, 1.165) is 0 Å². The number of aromatic nitrogens is 4. The number of rotatable bonds is 0. The van der Waals surface area contributed by atoms with Gasteiger partial charge in [0.2, 0.25) is 0 Å². The van der Waals surface area contributed by atoms with E-state index in [9.17, 15) is 26.4 Å². The summed E-state index contributed by atoms with van der Waals surface area (Å²) in [6.45, 7) is 0. The SMILES string of the molecule is O=c1c2cc3c4c5c(cc6c7c(cc8c(c9c(cc(c2c94)c2nc4ccccc4n12)OS8(=O)=O)c57)c(=O)n1c2ccccc2nc61)S(=O)(=O)O3. The molecule has 7 aromatic carbocycles. The second kappa shape index (κ2) is 7.44. The third-order valence-corrected chi connectivity index (χ3v) is 13.1. The van der Waals surface area contributed by atoms with Crippen molar-refractivity contribution in [1.29, 1.82) is 0 Å². The minimum atomic E-state index is -4.56. The molecule has 50 heavy (non-hydrogen) atoms. The summed E-state index contributed by atoms with van der Waals surface area (Å²) in [4.78, 5) is 37.8. The molecule has 2 aliphatic heterocycles. The fourth-order valence-corrected chi connectivity index (χ4v) is 11.1. The topological polar surface area (TPSA) is 155 Å². The van der Waals surface area contributed by atoms with Gasteiger partial charge in [0, 0.05) is 53.9 Å². The van der Waals surface area contributed by atoms with Crippen molar-refractivity contribution in [2.75, 3.05) is 0 Å². The molecule has 0 unspecified atom stereocenters. The largest absolute Gasteiger partial charge is 0.378 e. The average Bonchev–Trinajstić information content (AvgIpc) is 3.68. The van der Waals surface area contributed by atoms with Crippen LogP contribution in [0.4, 0.5) is 0 Å². The molecule has 14 heteroatoms. The summed E-state index contributed by atoms with van der Waals surface area (Å²) >= 11 is 0. The van der Waals surface area contributed by atoms with Gasteiger partial charge in [0.15, 0.2) is 11.5 Å². The number of fused-ring (bicyclic) bond motifs is 8. The Morgan fingerprint density at radius 1 is 0.480 bits per heavy atom. The van der Waals surface area contributed by atoms with Crippen LogP contribution in [0.5, 0.6) is 11.5 Å². The van der Waals surface area contributed by atoms with E-state index in [1.54, 1.807) is 54.6 Å². The van der Waals surface area contributed by atoms with Gasteiger partial charge >= 0.3 is 20.2 Å². The van der Waals surface area contributed by atoms with Crippen molar-refractivity contribution in [2.24, 2.45) is 0 Å². The first-order valence-electron chi connectivity index (χ1n) is 15.4. The highest BCUT2D eigenvalue weighted by molar-refractivity contribution is 7.87. The van der Waals surface area contributed by atoms with Crippen LogP contribution in [0.3, 0.4) is 0 Å². The van der Waals surface area contributed by atoms with E-state index in [4.69, 9.17) is 18.3 Å². The number of para-hydroxylation sites is 4. The number of nitrogens with zero attached hydrogens (tertiary/aromatic N) is 4. The van der Waals surface area contributed by atoms with Crippen LogP contribution in [0.2, 0.25) is 0 Å². The first-order chi connectivity index (χ1) is 24.1. The van der Waals surface area contributed by atoms with E-state index in [0.29, 0.717) is 65.4 Å². The van der Waals surface area contributed by atoms with Gasteiger partial charge in [-0.05, 0) is 48.5 Å². The highest BCUT2D eigenvalue weighted by Gasteiger charge is 2.40. The van der Waals surface area contributed by atoms with Crippen LogP contribution >= 0.6 is 0 Å². The molecule has 11 aromatic rings. The molecule has 0 N–H and O–H groups in total. The highest BCUT2D eigenvalue weighted by Crippen LogP contribution is 2.57. The summed E-state index contributed by atoms with van der Waals surface area (Å²) in [6.07, 6.45) is 0. The van der Waals surface area contributed by atoms with E-state index in [2.05, 4.69) is 0 Å². The normalized spacial score (nSPS) is 16.3. The lowest BCUT2D eigenvalue weighted by atomic mass is 9.85. The van der Waals surface area contributed by atoms with E-state index >= 15 is 0 Å². The van der Waals surface area contributed by atoms with Gasteiger partial charge in [-0.2, -0.15) is 16.8 Å². The van der Waals surface area contributed by atoms with Crippen molar-refractivity contribution < 1.29 is 25.2 Å². The van der Waals surface area contributed by atoms with Crippen LogP contribution in [0.15, 0.2) is 92.2 Å². The Balaban J connectivity index is 1.43. The standard InChI is InChI=1S/C36H12N4O8S2/c41-35-15-10-22-28-29-23(49(43,44)48-22)11-14-26-16(36(42)40-20-8-4-2-6-18(20)38-34(14)40)12-24-30(32(26)29)27-21(47-50(24,45)46)9-13(25(15)31(27)28)33-37-17-5-1-3-7-19(17)39(33)35/h1-12H. The van der Waals surface area contributed by atoms with Gasteiger partial charge in [0.1, 0.15) is 21.1 Å². The molecular formula is C36H12N4O8S2.